The molecule has 0 unspecified atom stereocenters. The Morgan fingerprint density at radius 3 is 2.50 bits per heavy atom. The number of ether oxygens (including phenoxy) is 1. The first-order valence-corrected chi connectivity index (χ1v) is 4.77. The summed E-state index contributed by atoms with van der Waals surface area (Å²) in [5.41, 5.74) is 1.09. The molecule has 0 aromatic carbocycles. The van der Waals surface area contributed by atoms with E-state index in [4.69, 9.17) is 4.74 Å². The monoisotopic (exact) mass is 255 g/mol. The zero-order chi connectivity index (χ0) is 10.9. The summed E-state index contributed by atoms with van der Waals surface area (Å²) in [6.07, 6.45) is 2.03. The molecule has 0 radical (unpaired) electrons. The predicted molar refractivity (Wildman–Crippen MR) is 50.6 cm³/mol. The fourth-order valence-corrected chi connectivity index (χ4v) is 1.54. The fourth-order valence-electron chi connectivity index (χ4n) is 1.54. The van der Waals surface area contributed by atoms with Gasteiger partial charge in [-0.15, -0.1) is 0 Å². The van der Waals surface area contributed by atoms with Gasteiger partial charge >= 0.3 is 58.4 Å². The normalized spacial score (nSPS) is 16.4. The van der Waals surface area contributed by atoms with E-state index in [-0.39, 0.29) is 62.9 Å². The number of hydrogen-bond donors (Lipinski definition) is 0. The molecule has 1 aromatic heterocycles. The molecule has 0 bridgehead atoms. The van der Waals surface area contributed by atoms with Crippen LogP contribution in [0.1, 0.15) is 17.0 Å². The van der Waals surface area contributed by atoms with Crippen molar-refractivity contribution < 1.29 is 69.1 Å². The second-order valence-electron chi connectivity index (χ2n) is 3.78. The smallest absolute Gasteiger partial charge is 0.449 e. The second kappa shape index (κ2) is 5.97. The van der Waals surface area contributed by atoms with E-state index in [1.165, 1.54) is 6.20 Å². The van der Waals surface area contributed by atoms with E-state index in [9.17, 15) is 12.9 Å². The van der Waals surface area contributed by atoms with E-state index in [1.807, 2.05) is 0 Å². The summed E-state index contributed by atoms with van der Waals surface area (Å²) in [5.74, 6) is 0.221. The maximum absolute atomic E-state index is 12.2. The molecule has 0 atom stereocenters. The number of nitrogens with zero attached hydrogens (tertiary/aromatic N) is 1. The molecule has 1 aliphatic heterocycles. The maximum atomic E-state index is 12.2. The van der Waals surface area contributed by atoms with Gasteiger partial charge in [-0.25, -0.2) is 0 Å². The molecule has 0 saturated carbocycles. The van der Waals surface area contributed by atoms with Gasteiger partial charge < -0.3 is 17.7 Å². The van der Waals surface area contributed by atoms with Crippen LogP contribution in [0.3, 0.4) is 0 Å². The summed E-state index contributed by atoms with van der Waals surface area (Å²) in [5, 5.41) is 0. The Kier molecular flexibility index (Phi) is 5.47. The van der Waals surface area contributed by atoms with E-state index in [0.29, 0.717) is 13.2 Å². The maximum Gasteiger partial charge on any atom is 1.00 e. The summed E-state index contributed by atoms with van der Waals surface area (Å²) in [4.78, 5) is 3.83. The Bertz CT molecular complexity index is 357. The zero-order valence-corrected chi connectivity index (χ0v) is 12.1. The van der Waals surface area contributed by atoms with Gasteiger partial charge in [0.15, 0.2) is 0 Å². The van der Waals surface area contributed by atoms with Gasteiger partial charge in [0.05, 0.1) is 13.2 Å². The van der Waals surface area contributed by atoms with Gasteiger partial charge in [0.1, 0.15) is 0 Å². The second-order valence-corrected chi connectivity index (χ2v) is 3.78. The van der Waals surface area contributed by atoms with Crippen LogP contribution in [0.15, 0.2) is 18.5 Å². The first-order valence-electron chi connectivity index (χ1n) is 4.77. The molecule has 2 heterocycles. The predicted octanol–water partition coefficient (Wildman–Crippen LogP) is -0.872. The molecule has 82 valence electrons. The van der Waals surface area contributed by atoms with Gasteiger partial charge in [-0.05, 0) is 5.56 Å². The third-order valence-corrected chi connectivity index (χ3v) is 2.39. The first-order chi connectivity index (χ1) is 7.04. The summed E-state index contributed by atoms with van der Waals surface area (Å²) in [6, 6.07) is 1.58. The SMILES string of the molecule is F[B-](F)(F)Cc1cncc(C2COC2)c1.[K+]. The van der Waals surface area contributed by atoms with Crippen LogP contribution >= 0.6 is 0 Å². The van der Waals surface area contributed by atoms with Crippen LogP contribution in [0.25, 0.3) is 0 Å². The van der Waals surface area contributed by atoms with Crippen molar-refractivity contribution in [1.29, 1.82) is 0 Å². The molecule has 0 N–H and O–H groups in total. The van der Waals surface area contributed by atoms with Gasteiger partial charge in [-0.3, -0.25) is 4.98 Å². The molecule has 1 aliphatic rings. The Morgan fingerprint density at radius 1 is 1.31 bits per heavy atom. The molecule has 0 spiro atoms. The molecule has 1 fully saturated rings. The third kappa shape index (κ3) is 4.12. The van der Waals surface area contributed by atoms with Crippen LogP contribution in [-0.4, -0.2) is 25.2 Å². The summed E-state index contributed by atoms with van der Waals surface area (Å²) in [7, 11) is 0. The minimum Gasteiger partial charge on any atom is -0.449 e. The van der Waals surface area contributed by atoms with Gasteiger partial charge in [0, 0.05) is 18.3 Å². The minimum atomic E-state index is -4.78. The molecule has 0 aliphatic carbocycles. The molecule has 7 heteroatoms. The standard InChI is InChI=1S/C9H10BF3NO.K/c11-10(12,13)2-7-1-8(4-14-3-7)9-5-15-6-9;/h1,3-4,9H,2,5-6H2;/q-1;+1. The average Bonchev–Trinajstić information content (AvgIpc) is 1.97. The van der Waals surface area contributed by atoms with Crippen molar-refractivity contribution in [3.63, 3.8) is 0 Å². The topological polar surface area (TPSA) is 22.1 Å². The largest absolute Gasteiger partial charge is 1.00 e. The summed E-state index contributed by atoms with van der Waals surface area (Å²) < 4.78 is 41.5. The van der Waals surface area contributed by atoms with E-state index >= 15 is 0 Å². The van der Waals surface area contributed by atoms with Crippen LogP contribution in [-0.2, 0) is 11.1 Å². The zero-order valence-electron chi connectivity index (χ0n) is 9.00. The molecule has 1 saturated heterocycles. The van der Waals surface area contributed by atoms with Crippen molar-refractivity contribution in [2.45, 2.75) is 12.2 Å². The minimum absolute atomic E-state index is 0. The van der Waals surface area contributed by atoms with E-state index in [1.54, 1.807) is 12.3 Å². The number of halogens is 3. The van der Waals surface area contributed by atoms with Crippen molar-refractivity contribution in [3.8, 4) is 0 Å². The quantitative estimate of drug-likeness (QED) is 0.655. The van der Waals surface area contributed by atoms with Crippen molar-refractivity contribution >= 4 is 6.98 Å². The van der Waals surface area contributed by atoms with Gasteiger partial charge in [-0.1, -0.05) is 17.9 Å². The Balaban J connectivity index is 0.00000128. The Morgan fingerprint density at radius 2 is 2.00 bits per heavy atom. The number of pyridine rings is 1. The van der Waals surface area contributed by atoms with Crippen LogP contribution in [0.2, 0.25) is 0 Å². The van der Waals surface area contributed by atoms with Crippen molar-refractivity contribution in [3.05, 3.63) is 29.6 Å². The average molecular weight is 255 g/mol. The van der Waals surface area contributed by atoms with Crippen LogP contribution < -0.4 is 51.4 Å². The third-order valence-electron chi connectivity index (χ3n) is 2.39. The summed E-state index contributed by atoms with van der Waals surface area (Å²) in [6.45, 7) is -3.61. The Labute approximate surface area is 134 Å². The number of hydrogen-bond acceptors (Lipinski definition) is 2. The van der Waals surface area contributed by atoms with Gasteiger partial charge in [0.2, 0.25) is 0 Å². The molecule has 2 nitrogen and oxygen atoms in total. The van der Waals surface area contributed by atoms with Crippen molar-refractivity contribution in [2.75, 3.05) is 13.2 Å². The van der Waals surface area contributed by atoms with Crippen LogP contribution in [0.4, 0.5) is 12.9 Å². The molecular formula is C9H10BF3KNO. The van der Waals surface area contributed by atoms with Crippen LogP contribution in [0.5, 0.6) is 0 Å². The molecule has 16 heavy (non-hydrogen) atoms. The Hall–Kier alpha value is 0.601. The van der Waals surface area contributed by atoms with E-state index < -0.39 is 13.3 Å². The molecule has 2 rings (SSSR count). The fraction of sp³-hybridized carbons (Fsp3) is 0.444. The molecular weight excluding hydrogens is 245 g/mol. The van der Waals surface area contributed by atoms with Crippen molar-refractivity contribution in [2.24, 2.45) is 0 Å². The van der Waals surface area contributed by atoms with E-state index in [2.05, 4.69) is 4.98 Å². The van der Waals surface area contributed by atoms with E-state index in [0.717, 1.165) is 5.56 Å². The van der Waals surface area contributed by atoms with Crippen LogP contribution in [0, 0.1) is 0 Å². The molecule has 0 amide bonds. The van der Waals surface area contributed by atoms with Gasteiger partial charge in [0.25, 0.3) is 0 Å². The van der Waals surface area contributed by atoms with Crippen molar-refractivity contribution in [1.82, 2.24) is 4.98 Å². The van der Waals surface area contributed by atoms with Gasteiger partial charge in [-0.2, -0.15) is 0 Å². The number of rotatable bonds is 3. The first kappa shape index (κ1) is 14.7. The number of aromatic nitrogens is 1. The summed E-state index contributed by atoms with van der Waals surface area (Å²) >= 11 is 0. The molecule has 1 aromatic rings.